The average molecular weight is 232 g/mol. The van der Waals surface area contributed by atoms with Crippen molar-refractivity contribution in [2.75, 3.05) is 0 Å². The summed E-state index contributed by atoms with van der Waals surface area (Å²) in [7, 11) is 0. The third-order valence-corrected chi connectivity index (χ3v) is 3.92. The van der Waals surface area contributed by atoms with Crippen molar-refractivity contribution in [3.05, 3.63) is 30.1 Å². The topological polar surface area (TPSA) is 42.0 Å². The Kier molecular flexibility index (Phi) is 3.77. The van der Waals surface area contributed by atoms with E-state index in [0.29, 0.717) is 23.6 Å². The molecule has 3 nitrogen and oxygen atoms in total. The molecule has 3 heteroatoms. The fourth-order valence-corrected chi connectivity index (χ4v) is 2.53. The molecule has 0 aliphatic heterocycles. The van der Waals surface area contributed by atoms with Gasteiger partial charge in [-0.1, -0.05) is 32.8 Å². The Morgan fingerprint density at radius 1 is 1.35 bits per heavy atom. The molecule has 0 spiro atoms. The lowest BCUT2D eigenvalue weighted by Crippen LogP contribution is -2.43. The third kappa shape index (κ3) is 2.84. The molecule has 1 amide bonds. The minimum absolute atomic E-state index is 0.0449. The van der Waals surface area contributed by atoms with Crippen LogP contribution in [0.25, 0.3) is 0 Å². The van der Waals surface area contributed by atoms with Crippen molar-refractivity contribution in [2.24, 2.45) is 11.8 Å². The Morgan fingerprint density at radius 2 is 2.18 bits per heavy atom. The summed E-state index contributed by atoms with van der Waals surface area (Å²) in [5.41, 5.74) is 0.512. The molecular weight excluding hydrogens is 212 g/mol. The van der Waals surface area contributed by atoms with E-state index < -0.39 is 0 Å². The predicted octanol–water partition coefficient (Wildman–Crippen LogP) is 2.64. The Labute approximate surface area is 103 Å². The molecule has 1 heterocycles. The van der Waals surface area contributed by atoms with Crippen molar-refractivity contribution in [2.45, 2.75) is 39.2 Å². The van der Waals surface area contributed by atoms with E-state index in [1.165, 1.54) is 12.8 Å². The number of amides is 1. The molecular formula is C14H20N2O. The van der Waals surface area contributed by atoms with Crippen LogP contribution in [-0.2, 0) is 0 Å². The molecule has 0 unspecified atom stereocenters. The van der Waals surface area contributed by atoms with Gasteiger partial charge in [-0.25, -0.2) is 0 Å². The van der Waals surface area contributed by atoms with E-state index in [2.05, 4.69) is 24.1 Å². The first-order chi connectivity index (χ1) is 8.18. The van der Waals surface area contributed by atoms with Crippen LogP contribution < -0.4 is 5.32 Å². The summed E-state index contributed by atoms with van der Waals surface area (Å²) in [5.74, 6) is 1.20. The van der Waals surface area contributed by atoms with E-state index in [0.717, 1.165) is 6.42 Å². The molecule has 1 aromatic heterocycles. The maximum atomic E-state index is 12.0. The smallest absolute Gasteiger partial charge is 0.270 e. The molecule has 0 aromatic carbocycles. The van der Waals surface area contributed by atoms with Gasteiger partial charge in [0.25, 0.3) is 5.91 Å². The van der Waals surface area contributed by atoms with Crippen LogP contribution in [0.2, 0.25) is 0 Å². The first-order valence-electron chi connectivity index (χ1n) is 6.40. The molecule has 17 heavy (non-hydrogen) atoms. The number of carbonyl (C=O) groups is 1. The monoisotopic (exact) mass is 232 g/mol. The second kappa shape index (κ2) is 5.30. The summed E-state index contributed by atoms with van der Waals surface area (Å²) in [6.07, 6.45) is 5.22. The van der Waals surface area contributed by atoms with Crippen molar-refractivity contribution in [3.63, 3.8) is 0 Å². The van der Waals surface area contributed by atoms with Gasteiger partial charge in [0.2, 0.25) is 0 Å². The first-order valence-corrected chi connectivity index (χ1v) is 6.40. The third-order valence-electron chi connectivity index (χ3n) is 3.92. The van der Waals surface area contributed by atoms with E-state index in [1.807, 2.05) is 12.1 Å². The Morgan fingerprint density at radius 3 is 2.88 bits per heavy atom. The first kappa shape index (κ1) is 12.1. The maximum absolute atomic E-state index is 12.0. The van der Waals surface area contributed by atoms with E-state index in [-0.39, 0.29) is 5.91 Å². The van der Waals surface area contributed by atoms with E-state index in [1.54, 1.807) is 12.3 Å². The van der Waals surface area contributed by atoms with Gasteiger partial charge in [-0.3, -0.25) is 9.78 Å². The number of nitrogens with zero attached hydrogens (tertiary/aromatic N) is 1. The Bertz CT molecular complexity index is 377. The molecule has 0 saturated heterocycles. The standard InChI is InChI=1S/C14H20N2O/c1-10-6-5-8-12(11(10)2)16-14(17)13-7-3-4-9-15-13/h3-4,7,9-12H,5-6,8H2,1-2H3,(H,16,17)/t10-,11-,12-/m1/s1. The van der Waals surface area contributed by atoms with Crippen LogP contribution in [0.15, 0.2) is 24.4 Å². The molecule has 0 bridgehead atoms. The second-order valence-electron chi connectivity index (χ2n) is 5.06. The van der Waals surface area contributed by atoms with Crippen LogP contribution in [0, 0.1) is 11.8 Å². The van der Waals surface area contributed by atoms with Crippen LogP contribution in [-0.4, -0.2) is 16.9 Å². The van der Waals surface area contributed by atoms with Gasteiger partial charge in [-0.15, -0.1) is 0 Å². The van der Waals surface area contributed by atoms with Crippen LogP contribution in [0.3, 0.4) is 0 Å². The number of rotatable bonds is 2. The number of carbonyl (C=O) groups excluding carboxylic acids is 1. The SMILES string of the molecule is C[C@@H]1[C@H](C)CCC[C@H]1NC(=O)c1ccccn1. The minimum atomic E-state index is -0.0449. The van der Waals surface area contributed by atoms with Crippen molar-refractivity contribution in [1.82, 2.24) is 10.3 Å². The second-order valence-corrected chi connectivity index (χ2v) is 5.06. The molecule has 1 fully saturated rings. The van der Waals surface area contributed by atoms with E-state index in [4.69, 9.17) is 0 Å². The number of pyridine rings is 1. The normalized spacial score (nSPS) is 28.7. The molecule has 2 rings (SSSR count). The highest BCUT2D eigenvalue weighted by atomic mass is 16.1. The minimum Gasteiger partial charge on any atom is -0.348 e. The van der Waals surface area contributed by atoms with Crippen LogP contribution >= 0.6 is 0 Å². The van der Waals surface area contributed by atoms with Gasteiger partial charge in [0, 0.05) is 12.2 Å². The fraction of sp³-hybridized carbons (Fsp3) is 0.571. The van der Waals surface area contributed by atoms with Crippen molar-refractivity contribution < 1.29 is 4.79 Å². The number of hydrogen-bond donors (Lipinski definition) is 1. The summed E-state index contributed by atoms with van der Waals surface area (Å²) in [5, 5.41) is 3.11. The van der Waals surface area contributed by atoms with Crippen molar-refractivity contribution in [3.8, 4) is 0 Å². The predicted molar refractivity (Wildman–Crippen MR) is 67.7 cm³/mol. The summed E-state index contributed by atoms with van der Waals surface area (Å²) in [6.45, 7) is 4.50. The van der Waals surface area contributed by atoms with E-state index in [9.17, 15) is 4.79 Å². The lowest BCUT2D eigenvalue weighted by molar-refractivity contribution is 0.0886. The van der Waals surface area contributed by atoms with Gasteiger partial charge in [-0.05, 0) is 30.4 Å². The fourth-order valence-electron chi connectivity index (χ4n) is 2.53. The zero-order valence-electron chi connectivity index (χ0n) is 10.5. The molecule has 0 radical (unpaired) electrons. The molecule has 1 saturated carbocycles. The van der Waals surface area contributed by atoms with Crippen LogP contribution in [0.4, 0.5) is 0 Å². The molecule has 1 aromatic rings. The molecule has 1 aliphatic carbocycles. The molecule has 1 aliphatic rings. The van der Waals surface area contributed by atoms with Crippen molar-refractivity contribution >= 4 is 5.91 Å². The van der Waals surface area contributed by atoms with Gasteiger partial charge >= 0.3 is 0 Å². The van der Waals surface area contributed by atoms with Gasteiger partial charge < -0.3 is 5.32 Å². The summed E-state index contributed by atoms with van der Waals surface area (Å²) in [6, 6.07) is 5.72. The highest BCUT2D eigenvalue weighted by molar-refractivity contribution is 5.92. The van der Waals surface area contributed by atoms with Gasteiger partial charge in [0.05, 0.1) is 0 Å². The summed E-state index contributed by atoms with van der Waals surface area (Å²) < 4.78 is 0. The quantitative estimate of drug-likeness (QED) is 0.851. The van der Waals surface area contributed by atoms with Crippen LogP contribution in [0.1, 0.15) is 43.6 Å². The highest BCUT2D eigenvalue weighted by Gasteiger charge is 2.28. The zero-order chi connectivity index (χ0) is 12.3. The number of hydrogen-bond acceptors (Lipinski definition) is 2. The molecule has 3 atom stereocenters. The van der Waals surface area contributed by atoms with Gasteiger partial charge in [0.1, 0.15) is 5.69 Å². The maximum Gasteiger partial charge on any atom is 0.270 e. The largest absolute Gasteiger partial charge is 0.348 e. The van der Waals surface area contributed by atoms with Gasteiger partial charge in [-0.2, -0.15) is 0 Å². The number of aromatic nitrogens is 1. The van der Waals surface area contributed by atoms with E-state index >= 15 is 0 Å². The summed E-state index contributed by atoms with van der Waals surface area (Å²) >= 11 is 0. The molecule has 1 N–H and O–H groups in total. The lowest BCUT2D eigenvalue weighted by Gasteiger charge is -2.34. The van der Waals surface area contributed by atoms with Crippen LogP contribution in [0.5, 0.6) is 0 Å². The summed E-state index contributed by atoms with van der Waals surface area (Å²) in [4.78, 5) is 16.1. The number of nitrogens with one attached hydrogen (secondary N) is 1. The molecule has 92 valence electrons. The highest BCUT2D eigenvalue weighted by Crippen LogP contribution is 2.29. The average Bonchev–Trinajstić information content (AvgIpc) is 2.36. The Hall–Kier alpha value is -1.38. The Balaban J connectivity index is 1.99. The van der Waals surface area contributed by atoms with Gasteiger partial charge in [0.15, 0.2) is 0 Å². The lowest BCUT2D eigenvalue weighted by atomic mass is 9.78. The van der Waals surface area contributed by atoms with Crippen molar-refractivity contribution in [1.29, 1.82) is 0 Å². The zero-order valence-corrected chi connectivity index (χ0v) is 10.5.